The van der Waals surface area contributed by atoms with E-state index < -0.39 is 0 Å². The van der Waals surface area contributed by atoms with E-state index in [9.17, 15) is 4.79 Å². The molecular weight excluding hydrogens is 174 g/mol. The van der Waals surface area contributed by atoms with Crippen molar-refractivity contribution < 1.29 is 4.79 Å². The number of Topliss-reactive ketones (excluding diaryl/α,β-unsaturated/α-hetero) is 1. The summed E-state index contributed by atoms with van der Waals surface area (Å²) in [6.45, 7) is 7.95. The van der Waals surface area contributed by atoms with Gasteiger partial charge in [-0.05, 0) is 20.0 Å². The monoisotopic (exact) mass is 193 g/mol. The molecule has 14 heavy (non-hydrogen) atoms. The van der Waals surface area contributed by atoms with Gasteiger partial charge in [0, 0.05) is 5.56 Å². The SMILES string of the molecule is CC(=O)c1ccccc1.CCNCC. The fourth-order valence-corrected chi connectivity index (χ4v) is 0.923. The number of benzene rings is 1. The average Bonchev–Trinajstić information content (AvgIpc) is 2.21. The Morgan fingerprint density at radius 3 is 1.86 bits per heavy atom. The molecule has 1 rings (SSSR count). The molecule has 1 aromatic carbocycles. The van der Waals surface area contributed by atoms with Crippen molar-refractivity contribution in [1.29, 1.82) is 0 Å². The second-order valence-corrected chi connectivity index (χ2v) is 2.88. The minimum absolute atomic E-state index is 0.121. The van der Waals surface area contributed by atoms with Crippen LogP contribution < -0.4 is 5.32 Å². The molecule has 0 heterocycles. The summed E-state index contributed by atoms with van der Waals surface area (Å²) in [5.41, 5.74) is 0.775. The number of ketones is 1. The smallest absolute Gasteiger partial charge is 0.159 e. The first-order valence-corrected chi connectivity index (χ1v) is 4.99. The fraction of sp³-hybridized carbons (Fsp3) is 0.417. The molecule has 0 unspecified atom stereocenters. The van der Waals surface area contributed by atoms with Gasteiger partial charge in [0.15, 0.2) is 5.78 Å². The first-order chi connectivity index (χ1) is 6.72. The van der Waals surface area contributed by atoms with Crippen LogP contribution in [0.3, 0.4) is 0 Å². The number of hydrogen-bond donors (Lipinski definition) is 1. The van der Waals surface area contributed by atoms with E-state index >= 15 is 0 Å². The molecular formula is C12H19NO. The molecule has 0 aliphatic rings. The van der Waals surface area contributed by atoms with Gasteiger partial charge >= 0.3 is 0 Å². The number of rotatable bonds is 3. The highest BCUT2D eigenvalue weighted by Crippen LogP contribution is 1.97. The Labute approximate surface area is 86.3 Å². The number of carbonyl (C=O) groups excluding carboxylic acids is 1. The first kappa shape index (κ1) is 12.8. The Bertz CT molecular complexity index is 242. The van der Waals surface area contributed by atoms with E-state index in [1.54, 1.807) is 6.92 Å². The molecule has 0 aliphatic carbocycles. The zero-order valence-electron chi connectivity index (χ0n) is 9.21. The van der Waals surface area contributed by atoms with Crippen LogP contribution in [0, 0.1) is 0 Å². The van der Waals surface area contributed by atoms with Gasteiger partial charge in [-0.25, -0.2) is 0 Å². The molecule has 2 nitrogen and oxygen atoms in total. The van der Waals surface area contributed by atoms with E-state index in [1.807, 2.05) is 30.3 Å². The summed E-state index contributed by atoms with van der Waals surface area (Å²) >= 11 is 0. The van der Waals surface area contributed by atoms with E-state index in [0.717, 1.165) is 18.7 Å². The lowest BCUT2D eigenvalue weighted by molar-refractivity contribution is 0.101. The van der Waals surface area contributed by atoms with Crippen LogP contribution in [0.15, 0.2) is 30.3 Å². The summed E-state index contributed by atoms with van der Waals surface area (Å²) in [6.07, 6.45) is 0. The third-order valence-corrected chi connectivity index (χ3v) is 1.68. The third kappa shape index (κ3) is 6.38. The van der Waals surface area contributed by atoms with Crippen LogP contribution in [0.25, 0.3) is 0 Å². The maximum atomic E-state index is 10.6. The largest absolute Gasteiger partial charge is 0.317 e. The molecule has 78 valence electrons. The van der Waals surface area contributed by atoms with Crippen molar-refractivity contribution in [3.05, 3.63) is 35.9 Å². The van der Waals surface area contributed by atoms with Gasteiger partial charge in [-0.1, -0.05) is 44.2 Å². The second kappa shape index (κ2) is 8.45. The minimum Gasteiger partial charge on any atom is -0.317 e. The molecule has 0 saturated carbocycles. The first-order valence-electron chi connectivity index (χ1n) is 4.99. The number of hydrogen-bond acceptors (Lipinski definition) is 2. The summed E-state index contributed by atoms with van der Waals surface area (Å²) in [7, 11) is 0. The van der Waals surface area contributed by atoms with E-state index in [2.05, 4.69) is 19.2 Å². The fourth-order valence-electron chi connectivity index (χ4n) is 0.923. The Kier molecular flexibility index (Phi) is 7.75. The standard InChI is InChI=1S/C8H8O.C4H11N/c1-7(9)8-5-3-2-4-6-8;1-3-5-4-2/h2-6H,1H3;5H,3-4H2,1-2H3. The maximum absolute atomic E-state index is 10.6. The quantitative estimate of drug-likeness (QED) is 0.747. The van der Waals surface area contributed by atoms with Crippen LogP contribution >= 0.6 is 0 Å². The molecule has 0 atom stereocenters. The van der Waals surface area contributed by atoms with Crippen LogP contribution in [0.2, 0.25) is 0 Å². The van der Waals surface area contributed by atoms with Gasteiger partial charge in [-0.3, -0.25) is 4.79 Å². The highest BCUT2D eigenvalue weighted by molar-refractivity contribution is 5.93. The molecule has 1 aromatic rings. The number of carbonyl (C=O) groups is 1. The van der Waals surface area contributed by atoms with Crippen molar-refractivity contribution in [3.8, 4) is 0 Å². The molecule has 2 heteroatoms. The molecule has 0 bridgehead atoms. The Balaban J connectivity index is 0.000000292. The molecule has 0 spiro atoms. The van der Waals surface area contributed by atoms with Crippen molar-refractivity contribution >= 4 is 5.78 Å². The van der Waals surface area contributed by atoms with Crippen LogP contribution in [0.1, 0.15) is 31.1 Å². The second-order valence-electron chi connectivity index (χ2n) is 2.88. The van der Waals surface area contributed by atoms with Crippen molar-refractivity contribution in [3.63, 3.8) is 0 Å². The van der Waals surface area contributed by atoms with Crippen molar-refractivity contribution in [2.24, 2.45) is 0 Å². The Hall–Kier alpha value is -1.15. The third-order valence-electron chi connectivity index (χ3n) is 1.68. The highest BCUT2D eigenvalue weighted by atomic mass is 16.1. The lowest BCUT2D eigenvalue weighted by Gasteiger charge is -1.89. The molecule has 0 aromatic heterocycles. The predicted octanol–water partition coefficient (Wildman–Crippen LogP) is 2.51. The summed E-state index contributed by atoms with van der Waals surface area (Å²) in [4.78, 5) is 10.6. The topological polar surface area (TPSA) is 29.1 Å². The average molecular weight is 193 g/mol. The molecule has 0 radical (unpaired) electrons. The highest BCUT2D eigenvalue weighted by Gasteiger charge is 1.92. The summed E-state index contributed by atoms with van der Waals surface area (Å²) in [6, 6.07) is 9.23. The van der Waals surface area contributed by atoms with Crippen LogP contribution in [-0.2, 0) is 0 Å². The van der Waals surface area contributed by atoms with E-state index in [-0.39, 0.29) is 5.78 Å². The van der Waals surface area contributed by atoms with E-state index in [0.29, 0.717) is 0 Å². The van der Waals surface area contributed by atoms with Gasteiger partial charge in [-0.15, -0.1) is 0 Å². The maximum Gasteiger partial charge on any atom is 0.159 e. The van der Waals surface area contributed by atoms with Crippen LogP contribution in [-0.4, -0.2) is 18.9 Å². The summed E-state index contributed by atoms with van der Waals surface area (Å²) < 4.78 is 0. The normalized spacial score (nSPS) is 8.79. The lowest BCUT2D eigenvalue weighted by Crippen LogP contribution is -2.09. The van der Waals surface area contributed by atoms with Crippen molar-refractivity contribution in [1.82, 2.24) is 5.32 Å². The minimum atomic E-state index is 0.121. The zero-order chi connectivity index (χ0) is 10.8. The van der Waals surface area contributed by atoms with Crippen molar-refractivity contribution in [2.45, 2.75) is 20.8 Å². The summed E-state index contributed by atoms with van der Waals surface area (Å²) in [5, 5.41) is 3.11. The van der Waals surface area contributed by atoms with Gasteiger partial charge in [0.1, 0.15) is 0 Å². The molecule has 1 N–H and O–H groups in total. The van der Waals surface area contributed by atoms with Gasteiger partial charge < -0.3 is 5.32 Å². The van der Waals surface area contributed by atoms with Crippen molar-refractivity contribution in [2.75, 3.05) is 13.1 Å². The van der Waals surface area contributed by atoms with Gasteiger partial charge in [-0.2, -0.15) is 0 Å². The molecule has 0 aliphatic heterocycles. The van der Waals surface area contributed by atoms with Gasteiger partial charge in [0.25, 0.3) is 0 Å². The number of nitrogens with one attached hydrogen (secondary N) is 1. The van der Waals surface area contributed by atoms with Gasteiger partial charge in [0.2, 0.25) is 0 Å². The predicted molar refractivity (Wildman–Crippen MR) is 60.7 cm³/mol. The molecule has 0 fully saturated rings. The summed E-state index contributed by atoms with van der Waals surface area (Å²) in [5.74, 6) is 0.121. The Morgan fingerprint density at radius 1 is 1.14 bits per heavy atom. The van der Waals surface area contributed by atoms with Gasteiger partial charge in [0.05, 0.1) is 0 Å². The van der Waals surface area contributed by atoms with Crippen LogP contribution in [0.5, 0.6) is 0 Å². The van der Waals surface area contributed by atoms with E-state index in [1.165, 1.54) is 0 Å². The molecule has 0 amide bonds. The Morgan fingerprint density at radius 2 is 1.64 bits per heavy atom. The lowest BCUT2D eigenvalue weighted by atomic mass is 10.2. The van der Waals surface area contributed by atoms with E-state index in [4.69, 9.17) is 0 Å². The van der Waals surface area contributed by atoms with Crippen LogP contribution in [0.4, 0.5) is 0 Å². The molecule has 0 saturated heterocycles. The zero-order valence-corrected chi connectivity index (χ0v) is 9.21.